The maximum absolute atomic E-state index is 12.1. The molecule has 20 heavy (non-hydrogen) atoms. The van der Waals surface area contributed by atoms with Crippen molar-refractivity contribution in [3.05, 3.63) is 33.7 Å². The fourth-order valence-electron chi connectivity index (χ4n) is 2.85. The van der Waals surface area contributed by atoms with E-state index in [1.807, 2.05) is 27.0 Å². The van der Waals surface area contributed by atoms with E-state index in [-0.39, 0.29) is 30.1 Å². The lowest BCUT2D eigenvalue weighted by molar-refractivity contribution is -0.122. The fraction of sp³-hybridized carbons (Fsp3) is 0.600. The molecule has 1 aliphatic rings. The van der Waals surface area contributed by atoms with E-state index in [4.69, 9.17) is 0 Å². The molecule has 1 aliphatic carbocycles. The summed E-state index contributed by atoms with van der Waals surface area (Å²) < 4.78 is 1.62. The highest BCUT2D eigenvalue weighted by molar-refractivity contribution is 5.76. The zero-order valence-electron chi connectivity index (χ0n) is 12.4. The lowest BCUT2D eigenvalue weighted by Gasteiger charge is -2.27. The third-order valence-corrected chi connectivity index (χ3v) is 3.71. The van der Waals surface area contributed by atoms with E-state index in [2.05, 4.69) is 10.6 Å². The van der Waals surface area contributed by atoms with Crippen LogP contribution in [0.25, 0.3) is 0 Å². The summed E-state index contributed by atoms with van der Waals surface area (Å²) in [6, 6.07) is 3.83. The molecular formula is C15H23N3O2. The molecule has 1 unspecified atom stereocenters. The van der Waals surface area contributed by atoms with Crippen LogP contribution in [-0.2, 0) is 17.8 Å². The van der Waals surface area contributed by atoms with E-state index in [1.54, 1.807) is 10.6 Å². The molecule has 0 bridgehead atoms. The van der Waals surface area contributed by atoms with Gasteiger partial charge in [0.15, 0.2) is 0 Å². The Bertz CT molecular complexity index is 549. The molecule has 0 fully saturated rings. The van der Waals surface area contributed by atoms with E-state index in [9.17, 15) is 9.59 Å². The average Bonchev–Trinajstić information content (AvgIpc) is 2.40. The van der Waals surface area contributed by atoms with Crippen molar-refractivity contribution >= 4 is 5.91 Å². The van der Waals surface area contributed by atoms with Crippen molar-refractivity contribution in [1.82, 2.24) is 15.2 Å². The summed E-state index contributed by atoms with van der Waals surface area (Å²) in [4.78, 5) is 24.0. The lowest BCUT2D eigenvalue weighted by Crippen LogP contribution is -2.38. The summed E-state index contributed by atoms with van der Waals surface area (Å²) in [5, 5.41) is 6.11. The first-order valence-corrected chi connectivity index (χ1v) is 7.22. The molecule has 1 atom stereocenters. The Morgan fingerprint density at radius 1 is 1.45 bits per heavy atom. The highest BCUT2D eigenvalue weighted by atomic mass is 16.2. The minimum absolute atomic E-state index is 0.0859. The number of pyridine rings is 1. The predicted octanol–water partition coefficient (Wildman–Crippen LogP) is 0.970. The molecule has 110 valence electrons. The van der Waals surface area contributed by atoms with Crippen LogP contribution in [0.1, 0.15) is 44.0 Å². The van der Waals surface area contributed by atoms with Crippen LogP contribution in [0.5, 0.6) is 0 Å². The molecule has 1 aromatic heterocycles. The molecular weight excluding hydrogens is 254 g/mol. The summed E-state index contributed by atoms with van der Waals surface area (Å²) in [5.74, 6) is -0.109. The number of nitrogens with zero attached hydrogens (tertiary/aromatic N) is 1. The minimum Gasteiger partial charge on any atom is -0.352 e. The Balaban J connectivity index is 2.33. The van der Waals surface area contributed by atoms with Crippen molar-refractivity contribution in [3.63, 3.8) is 0 Å². The van der Waals surface area contributed by atoms with Crippen LogP contribution in [0.2, 0.25) is 0 Å². The van der Waals surface area contributed by atoms with E-state index < -0.39 is 0 Å². The third-order valence-electron chi connectivity index (χ3n) is 3.71. The predicted molar refractivity (Wildman–Crippen MR) is 78.7 cm³/mol. The first-order chi connectivity index (χ1) is 9.52. The van der Waals surface area contributed by atoms with Gasteiger partial charge >= 0.3 is 0 Å². The van der Waals surface area contributed by atoms with Crippen LogP contribution in [0.15, 0.2) is 16.9 Å². The van der Waals surface area contributed by atoms with Gasteiger partial charge in [-0.25, -0.2) is 0 Å². The van der Waals surface area contributed by atoms with Crippen LogP contribution in [-0.4, -0.2) is 23.6 Å². The highest BCUT2D eigenvalue weighted by Gasteiger charge is 2.22. The van der Waals surface area contributed by atoms with Crippen molar-refractivity contribution in [1.29, 1.82) is 0 Å². The first-order valence-electron chi connectivity index (χ1n) is 7.22. The highest BCUT2D eigenvalue weighted by Crippen LogP contribution is 2.28. The smallest absolute Gasteiger partial charge is 0.251 e. The summed E-state index contributed by atoms with van der Waals surface area (Å²) in [7, 11) is 1.93. The Hall–Kier alpha value is -1.62. The zero-order chi connectivity index (χ0) is 14.7. The largest absolute Gasteiger partial charge is 0.352 e. The van der Waals surface area contributed by atoms with Gasteiger partial charge in [-0.2, -0.15) is 0 Å². The van der Waals surface area contributed by atoms with Gasteiger partial charge in [-0.1, -0.05) is 6.07 Å². The van der Waals surface area contributed by atoms with Gasteiger partial charge < -0.3 is 15.2 Å². The van der Waals surface area contributed by atoms with Gasteiger partial charge in [0.05, 0.1) is 0 Å². The number of amides is 1. The second kappa shape index (κ2) is 6.22. The van der Waals surface area contributed by atoms with E-state index in [0.717, 1.165) is 30.5 Å². The Morgan fingerprint density at radius 2 is 2.20 bits per heavy atom. The van der Waals surface area contributed by atoms with Crippen molar-refractivity contribution in [3.8, 4) is 0 Å². The van der Waals surface area contributed by atoms with Crippen LogP contribution in [0, 0.1) is 0 Å². The fourth-order valence-corrected chi connectivity index (χ4v) is 2.85. The lowest BCUT2D eigenvalue weighted by atomic mass is 9.91. The maximum atomic E-state index is 12.1. The number of aromatic nitrogens is 1. The molecule has 0 radical (unpaired) electrons. The molecule has 0 saturated heterocycles. The average molecular weight is 277 g/mol. The minimum atomic E-state index is -0.109. The maximum Gasteiger partial charge on any atom is 0.251 e. The number of carbonyl (C=O) groups excluding carboxylic acids is 1. The molecule has 0 aliphatic heterocycles. The molecule has 0 spiro atoms. The van der Waals surface area contributed by atoms with Gasteiger partial charge in [0, 0.05) is 23.8 Å². The molecule has 1 aromatic rings. The van der Waals surface area contributed by atoms with Crippen molar-refractivity contribution < 1.29 is 4.79 Å². The van der Waals surface area contributed by atoms with Crippen LogP contribution >= 0.6 is 0 Å². The molecule has 0 aromatic carbocycles. The monoisotopic (exact) mass is 277 g/mol. The zero-order valence-corrected chi connectivity index (χ0v) is 12.4. The first kappa shape index (κ1) is 14.8. The van der Waals surface area contributed by atoms with Crippen molar-refractivity contribution in [2.24, 2.45) is 0 Å². The number of hydrogen-bond acceptors (Lipinski definition) is 3. The summed E-state index contributed by atoms with van der Waals surface area (Å²) in [6.45, 7) is 3.94. The summed E-state index contributed by atoms with van der Waals surface area (Å²) in [6.07, 6.45) is 2.96. The van der Waals surface area contributed by atoms with Crippen molar-refractivity contribution in [2.45, 2.75) is 51.7 Å². The van der Waals surface area contributed by atoms with Crippen LogP contribution < -0.4 is 16.2 Å². The molecule has 5 nitrogen and oxygen atoms in total. The van der Waals surface area contributed by atoms with Crippen LogP contribution in [0.4, 0.5) is 0 Å². The van der Waals surface area contributed by atoms with E-state index in [0.29, 0.717) is 0 Å². The normalized spacial score (nSPS) is 17.9. The molecule has 5 heteroatoms. The molecule has 0 saturated carbocycles. The molecule has 2 rings (SSSR count). The Kier molecular flexibility index (Phi) is 4.60. The number of nitrogens with one attached hydrogen (secondary N) is 2. The number of hydrogen-bond donors (Lipinski definition) is 2. The van der Waals surface area contributed by atoms with Gasteiger partial charge in [-0.15, -0.1) is 0 Å². The SMILES string of the molecule is CNC1CCCc2c1ccc(=O)n2CC(=O)NC(C)C. The third kappa shape index (κ3) is 3.10. The van der Waals surface area contributed by atoms with Crippen LogP contribution in [0.3, 0.4) is 0 Å². The molecule has 1 amide bonds. The van der Waals surface area contributed by atoms with Gasteiger partial charge in [0.2, 0.25) is 5.91 Å². The van der Waals surface area contributed by atoms with Gasteiger partial charge in [0.1, 0.15) is 6.54 Å². The van der Waals surface area contributed by atoms with E-state index >= 15 is 0 Å². The van der Waals surface area contributed by atoms with E-state index in [1.165, 1.54) is 0 Å². The molecule has 1 heterocycles. The topological polar surface area (TPSA) is 63.1 Å². The quantitative estimate of drug-likeness (QED) is 0.862. The Labute approximate surface area is 119 Å². The Morgan fingerprint density at radius 3 is 2.85 bits per heavy atom. The number of fused-ring (bicyclic) bond motifs is 1. The number of rotatable bonds is 4. The summed E-state index contributed by atoms with van der Waals surface area (Å²) in [5.41, 5.74) is 2.05. The van der Waals surface area contributed by atoms with Gasteiger partial charge in [0.25, 0.3) is 5.56 Å². The second-order valence-electron chi connectivity index (χ2n) is 5.62. The standard InChI is InChI=1S/C15H23N3O2/c1-10(2)17-14(19)9-18-13-6-4-5-12(16-3)11(13)7-8-15(18)20/h7-8,10,12,16H,4-6,9H2,1-3H3,(H,17,19). The summed E-state index contributed by atoms with van der Waals surface area (Å²) >= 11 is 0. The number of carbonyl (C=O) groups is 1. The second-order valence-corrected chi connectivity index (χ2v) is 5.62. The molecule has 2 N–H and O–H groups in total. The van der Waals surface area contributed by atoms with Gasteiger partial charge in [-0.3, -0.25) is 9.59 Å². The van der Waals surface area contributed by atoms with Crippen molar-refractivity contribution in [2.75, 3.05) is 7.05 Å². The van der Waals surface area contributed by atoms with Gasteiger partial charge in [-0.05, 0) is 45.7 Å².